The SMILES string of the molecule is CCCCCC(=O)/C=C/C1=C(CCCCCCC(=O)O)C(=O)CC1O. The third kappa shape index (κ3) is 8.25. The molecule has 0 aromatic carbocycles. The molecule has 0 bridgehead atoms. The third-order valence-corrected chi connectivity index (χ3v) is 4.47. The van der Waals surface area contributed by atoms with Crippen molar-refractivity contribution in [2.75, 3.05) is 0 Å². The Balaban J connectivity index is 2.52. The molecule has 0 radical (unpaired) electrons. The number of Topliss-reactive ketones (excluding diaryl/α,β-unsaturated/α-hetero) is 1. The van der Waals surface area contributed by atoms with Gasteiger partial charge in [0.05, 0.1) is 6.10 Å². The molecule has 0 aromatic heterocycles. The van der Waals surface area contributed by atoms with Crippen LogP contribution in [-0.2, 0) is 14.4 Å². The van der Waals surface area contributed by atoms with E-state index >= 15 is 0 Å². The lowest BCUT2D eigenvalue weighted by Gasteiger charge is -2.05. The van der Waals surface area contributed by atoms with Crippen molar-refractivity contribution in [2.24, 2.45) is 0 Å². The molecule has 0 heterocycles. The quantitative estimate of drug-likeness (QED) is 0.390. The van der Waals surface area contributed by atoms with Gasteiger partial charge in [0.1, 0.15) is 0 Å². The largest absolute Gasteiger partial charge is 0.481 e. The minimum Gasteiger partial charge on any atom is -0.481 e. The van der Waals surface area contributed by atoms with E-state index in [1.165, 1.54) is 6.08 Å². The topological polar surface area (TPSA) is 91.7 Å². The van der Waals surface area contributed by atoms with E-state index in [1.54, 1.807) is 6.08 Å². The second kappa shape index (κ2) is 11.7. The Kier molecular flexibility index (Phi) is 10.0. The number of rotatable bonds is 13. The van der Waals surface area contributed by atoms with Crippen LogP contribution in [0, 0.1) is 0 Å². The zero-order valence-electron chi connectivity index (χ0n) is 15.1. The van der Waals surface area contributed by atoms with Crippen molar-refractivity contribution in [3.8, 4) is 0 Å². The highest BCUT2D eigenvalue weighted by Gasteiger charge is 2.28. The number of aliphatic carboxylic acids is 1. The molecule has 25 heavy (non-hydrogen) atoms. The first-order valence-corrected chi connectivity index (χ1v) is 9.32. The molecule has 0 amide bonds. The summed E-state index contributed by atoms with van der Waals surface area (Å²) in [5.41, 5.74) is 1.21. The molecule has 5 heteroatoms. The van der Waals surface area contributed by atoms with E-state index < -0.39 is 12.1 Å². The molecule has 1 aliphatic carbocycles. The summed E-state index contributed by atoms with van der Waals surface area (Å²) in [5.74, 6) is -0.801. The summed E-state index contributed by atoms with van der Waals surface area (Å²) >= 11 is 0. The molecule has 5 nitrogen and oxygen atoms in total. The van der Waals surface area contributed by atoms with Crippen LogP contribution in [0.1, 0.15) is 77.6 Å². The van der Waals surface area contributed by atoms with Gasteiger partial charge in [0, 0.05) is 24.8 Å². The standard InChI is InChI=1S/C20H30O5/c1-2-3-6-9-15(21)12-13-17-16(18(22)14-19(17)23)10-7-4-5-8-11-20(24)25/h12-13,19,23H,2-11,14H2,1H3,(H,24,25)/b13-12+. The van der Waals surface area contributed by atoms with Crippen LogP contribution in [0.25, 0.3) is 0 Å². The van der Waals surface area contributed by atoms with Crippen molar-refractivity contribution < 1.29 is 24.6 Å². The van der Waals surface area contributed by atoms with Crippen molar-refractivity contribution in [3.05, 3.63) is 23.3 Å². The maximum absolute atomic E-state index is 12.0. The van der Waals surface area contributed by atoms with Crippen molar-refractivity contribution in [1.29, 1.82) is 0 Å². The van der Waals surface area contributed by atoms with E-state index in [9.17, 15) is 19.5 Å². The summed E-state index contributed by atoms with van der Waals surface area (Å²) < 4.78 is 0. The first kappa shape index (κ1) is 21.3. The molecular weight excluding hydrogens is 320 g/mol. The molecule has 0 aliphatic heterocycles. The van der Waals surface area contributed by atoms with Crippen LogP contribution in [0.3, 0.4) is 0 Å². The minimum atomic E-state index is -0.811. The van der Waals surface area contributed by atoms with Crippen molar-refractivity contribution in [1.82, 2.24) is 0 Å². The predicted octanol–water partition coefficient (Wildman–Crippen LogP) is 3.75. The number of hydrogen-bond acceptors (Lipinski definition) is 4. The summed E-state index contributed by atoms with van der Waals surface area (Å²) in [5, 5.41) is 18.7. The lowest BCUT2D eigenvalue weighted by Crippen LogP contribution is -2.05. The van der Waals surface area contributed by atoms with Crippen LogP contribution in [0.4, 0.5) is 0 Å². The summed E-state index contributed by atoms with van der Waals surface area (Å²) in [7, 11) is 0. The van der Waals surface area contributed by atoms with Gasteiger partial charge in [0.2, 0.25) is 0 Å². The third-order valence-electron chi connectivity index (χ3n) is 4.47. The number of aliphatic hydroxyl groups is 1. The number of carbonyl (C=O) groups is 3. The van der Waals surface area contributed by atoms with Gasteiger partial charge >= 0.3 is 5.97 Å². The van der Waals surface area contributed by atoms with Gasteiger partial charge in [0.25, 0.3) is 0 Å². The van der Waals surface area contributed by atoms with E-state index in [0.29, 0.717) is 30.4 Å². The second-order valence-electron chi connectivity index (χ2n) is 6.64. The predicted molar refractivity (Wildman–Crippen MR) is 96.3 cm³/mol. The highest BCUT2D eigenvalue weighted by molar-refractivity contribution is 6.00. The number of carboxylic acid groups (broad SMARTS) is 1. The first-order chi connectivity index (χ1) is 12.0. The Hall–Kier alpha value is -1.75. The highest BCUT2D eigenvalue weighted by Crippen LogP contribution is 2.28. The summed E-state index contributed by atoms with van der Waals surface area (Å²) in [6.07, 6.45) is 9.69. The average molecular weight is 350 g/mol. The molecule has 1 atom stereocenters. The fraction of sp³-hybridized carbons (Fsp3) is 0.650. The number of hydrogen-bond donors (Lipinski definition) is 2. The number of unbranched alkanes of at least 4 members (excludes halogenated alkanes) is 5. The minimum absolute atomic E-state index is 0.0283. The fourth-order valence-corrected chi connectivity index (χ4v) is 3.01. The van der Waals surface area contributed by atoms with E-state index in [-0.39, 0.29) is 24.4 Å². The van der Waals surface area contributed by atoms with E-state index in [4.69, 9.17) is 5.11 Å². The molecule has 1 rings (SSSR count). The van der Waals surface area contributed by atoms with Gasteiger partial charge < -0.3 is 10.2 Å². The van der Waals surface area contributed by atoms with Crippen LogP contribution < -0.4 is 0 Å². The van der Waals surface area contributed by atoms with Gasteiger partial charge in [-0.3, -0.25) is 14.4 Å². The summed E-state index contributed by atoms with van der Waals surface area (Å²) in [6.45, 7) is 2.08. The van der Waals surface area contributed by atoms with Gasteiger partial charge in [-0.2, -0.15) is 0 Å². The molecule has 0 saturated heterocycles. The molecule has 1 aliphatic rings. The lowest BCUT2D eigenvalue weighted by atomic mass is 10.0. The van der Waals surface area contributed by atoms with Crippen LogP contribution >= 0.6 is 0 Å². The van der Waals surface area contributed by atoms with E-state index in [0.717, 1.165) is 38.5 Å². The zero-order chi connectivity index (χ0) is 18.7. The molecule has 0 aromatic rings. The van der Waals surface area contributed by atoms with Gasteiger partial charge in [-0.05, 0) is 37.3 Å². The molecule has 1 unspecified atom stereocenters. The monoisotopic (exact) mass is 350 g/mol. The number of aliphatic hydroxyl groups excluding tert-OH is 1. The van der Waals surface area contributed by atoms with Crippen LogP contribution in [-0.4, -0.2) is 33.9 Å². The average Bonchev–Trinajstić information content (AvgIpc) is 2.82. The van der Waals surface area contributed by atoms with E-state index in [1.807, 2.05) is 0 Å². The number of carbonyl (C=O) groups excluding carboxylic acids is 2. The van der Waals surface area contributed by atoms with Crippen molar-refractivity contribution >= 4 is 17.5 Å². The lowest BCUT2D eigenvalue weighted by molar-refractivity contribution is -0.137. The number of ketones is 2. The maximum atomic E-state index is 12.0. The Bertz CT molecular complexity index is 530. The van der Waals surface area contributed by atoms with E-state index in [2.05, 4.69) is 6.92 Å². The molecule has 140 valence electrons. The van der Waals surface area contributed by atoms with Gasteiger partial charge in [0.15, 0.2) is 11.6 Å². The van der Waals surface area contributed by atoms with Gasteiger partial charge in [-0.15, -0.1) is 0 Å². The maximum Gasteiger partial charge on any atom is 0.303 e. The van der Waals surface area contributed by atoms with Gasteiger partial charge in [-0.25, -0.2) is 0 Å². The highest BCUT2D eigenvalue weighted by atomic mass is 16.4. The summed E-state index contributed by atoms with van der Waals surface area (Å²) in [4.78, 5) is 34.3. The molecule has 0 saturated carbocycles. The van der Waals surface area contributed by atoms with Crippen LogP contribution in [0.2, 0.25) is 0 Å². The fourth-order valence-electron chi connectivity index (χ4n) is 3.01. The Morgan fingerprint density at radius 2 is 1.76 bits per heavy atom. The molecular formula is C20H30O5. The first-order valence-electron chi connectivity index (χ1n) is 9.32. The smallest absolute Gasteiger partial charge is 0.303 e. The van der Waals surface area contributed by atoms with Crippen molar-refractivity contribution in [2.45, 2.75) is 83.7 Å². The molecule has 2 N–H and O–H groups in total. The Labute approximate surface area is 149 Å². The zero-order valence-corrected chi connectivity index (χ0v) is 15.1. The Morgan fingerprint density at radius 3 is 2.44 bits per heavy atom. The normalized spacial score (nSPS) is 17.7. The number of carboxylic acids is 1. The summed E-state index contributed by atoms with van der Waals surface area (Å²) in [6, 6.07) is 0. The van der Waals surface area contributed by atoms with Gasteiger partial charge in [-0.1, -0.05) is 38.7 Å². The second-order valence-corrected chi connectivity index (χ2v) is 6.64. The van der Waals surface area contributed by atoms with Crippen LogP contribution in [0.15, 0.2) is 23.3 Å². The molecule has 0 spiro atoms. The molecule has 0 fully saturated rings. The Morgan fingerprint density at radius 1 is 1.08 bits per heavy atom. The van der Waals surface area contributed by atoms with Crippen molar-refractivity contribution in [3.63, 3.8) is 0 Å². The van der Waals surface area contributed by atoms with Crippen LogP contribution in [0.5, 0.6) is 0 Å². The number of allylic oxidation sites excluding steroid dienone is 2.